The highest BCUT2D eigenvalue weighted by Crippen LogP contribution is 2.43. The van der Waals surface area contributed by atoms with E-state index in [-0.39, 0.29) is 0 Å². The van der Waals surface area contributed by atoms with Gasteiger partial charge in [0.1, 0.15) is 23.2 Å². The van der Waals surface area contributed by atoms with Crippen LogP contribution in [-0.4, -0.2) is 24.1 Å². The topological polar surface area (TPSA) is 38.7 Å². The zero-order chi connectivity index (χ0) is 17.3. The van der Waals surface area contributed by atoms with Gasteiger partial charge in [0.05, 0.1) is 12.7 Å². The Morgan fingerprint density at radius 3 is 2.46 bits per heavy atom. The van der Waals surface area contributed by atoms with Crippen molar-refractivity contribution in [3.8, 4) is 11.5 Å². The molecule has 3 nitrogen and oxygen atoms in total. The summed E-state index contributed by atoms with van der Waals surface area (Å²) in [5.74, 6) is 1.42. The first kappa shape index (κ1) is 16.9. The molecule has 0 saturated heterocycles. The lowest BCUT2D eigenvalue weighted by Gasteiger charge is -2.31. The molecule has 126 valence electrons. The molecule has 2 aromatic carbocycles. The molecule has 1 heterocycles. The molecule has 0 fully saturated rings. The van der Waals surface area contributed by atoms with Crippen LogP contribution in [0.25, 0.3) is 6.08 Å². The smallest absolute Gasteiger partial charge is 0.137 e. The van der Waals surface area contributed by atoms with Gasteiger partial charge in [-0.15, -0.1) is 11.8 Å². The van der Waals surface area contributed by atoms with Crippen LogP contribution in [0, 0.1) is 0 Å². The van der Waals surface area contributed by atoms with Gasteiger partial charge in [-0.2, -0.15) is 0 Å². The number of hydrogen-bond acceptors (Lipinski definition) is 4. The second-order valence-electron chi connectivity index (χ2n) is 6.31. The van der Waals surface area contributed by atoms with Crippen molar-refractivity contribution in [2.75, 3.05) is 13.4 Å². The van der Waals surface area contributed by atoms with Crippen LogP contribution in [0.4, 0.5) is 0 Å². The highest BCUT2D eigenvalue weighted by molar-refractivity contribution is 7.98. The third-order valence-corrected chi connectivity index (χ3v) is 4.89. The summed E-state index contributed by atoms with van der Waals surface area (Å²) in [6.45, 7) is 3.99. The maximum absolute atomic E-state index is 10.9. The van der Waals surface area contributed by atoms with E-state index < -0.39 is 11.7 Å². The molecule has 0 saturated carbocycles. The van der Waals surface area contributed by atoms with Gasteiger partial charge in [-0.05, 0) is 62.1 Å². The molecule has 0 amide bonds. The number of rotatable bonds is 4. The molecule has 2 aromatic rings. The molecule has 1 unspecified atom stereocenters. The van der Waals surface area contributed by atoms with Crippen LogP contribution < -0.4 is 9.47 Å². The third-order valence-electron chi connectivity index (χ3n) is 4.15. The van der Waals surface area contributed by atoms with Gasteiger partial charge in [-0.1, -0.05) is 12.1 Å². The van der Waals surface area contributed by atoms with Gasteiger partial charge >= 0.3 is 0 Å². The van der Waals surface area contributed by atoms with Crippen LogP contribution in [0.5, 0.6) is 11.5 Å². The first-order valence-corrected chi connectivity index (χ1v) is 9.09. The van der Waals surface area contributed by atoms with Crippen LogP contribution in [0.2, 0.25) is 0 Å². The van der Waals surface area contributed by atoms with Gasteiger partial charge in [0, 0.05) is 10.5 Å². The molecule has 1 aliphatic rings. The maximum Gasteiger partial charge on any atom is 0.137 e. The number of fused-ring (bicyclic) bond motifs is 1. The summed E-state index contributed by atoms with van der Waals surface area (Å²) in [5, 5.41) is 10.9. The zero-order valence-corrected chi connectivity index (χ0v) is 15.2. The second kappa shape index (κ2) is 6.54. The third kappa shape index (κ3) is 3.17. The Balaban J connectivity index is 2.06. The normalized spacial score (nSPS) is 16.2. The van der Waals surface area contributed by atoms with Gasteiger partial charge in [0.15, 0.2) is 0 Å². The van der Waals surface area contributed by atoms with E-state index in [1.54, 1.807) is 18.9 Å². The van der Waals surface area contributed by atoms with Gasteiger partial charge < -0.3 is 14.6 Å². The summed E-state index contributed by atoms with van der Waals surface area (Å²) in [7, 11) is 1.64. The van der Waals surface area contributed by atoms with Crippen molar-refractivity contribution in [1.29, 1.82) is 0 Å². The fourth-order valence-electron chi connectivity index (χ4n) is 2.81. The number of aliphatic hydroxyl groups excluding tert-OH is 1. The molecule has 0 aliphatic carbocycles. The Kier molecular flexibility index (Phi) is 4.61. The molecule has 1 atom stereocenters. The molecule has 0 radical (unpaired) electrons. The van der Waals surface area contributed by atoms with E-state index >= 15 is 0 Å². The van der Waals surface area contributed by atoms with Crippen molar-refractivity contribution < 1.29 is 14.6 Å². The van der Waals surface area contributed by atoms with E-state index in [1.807, 2.05) is 68.7 Å². The summed E-state index contributed by atoms with van der Waals surface area (Å²) < 4.78 is 11.6. The first-order chi connectivity index (χ1) is 11.4. The number of thioether (sulfide) groups is 1. The van der Waals surface area contributed by atoms with E-state index in [0.29, 0.717) is 5.75 Å². The van der Waals surface area contributed by atoms with Crippen LogP contribution >= 0.6 is 11.8 Å². The van der Waals surface area contributed by atoms with Gasteiger partial charge in [0.2, 0.25) is 0 Å². The van der Waals surface area contributed by atoms with E-state index in [9.17, 15) is 5.11 Å². The van der Waals surface area contributed by atoms with Crippen molar-refractivity contribution in [2.45, 2.75) is 30.4 Å². The fourth-order valence-corrected chi connectivity index (χ4v) is 3.22. The summed E-state index contributed by atoms with van der Waals surface area (Å²) in [5.41, 5.74) is 2.04. The zero-order valence-electron chi connectivity index (χ0n) is 14.4. The quantitative estimate of drug-likeness (QED) is 0.819. The SMILES string of the molecule is COc1ccc(C(O)c2ccc(SC)cc2)c2c1C=CC(C)(C)O2. The molecule has 1 aliphatic heterocycles. The minimum atomic E-state index is -0.747. The van der Waals surface area contributed by atoms with Crippen LogP contribution in [0.3, 0.4) is 0 Å². The van der Waals surface area contributed by atoms with Gasteiger partial charge in [0.25, 0.3) is 0 Å². The van der Waals surface area contributed by atoms with Gasteiger partial charge in [-0.3, -0.25) is 0 Å². The van der Waals surface area contributed by atoms with E-state index in [2.05, 4.69) is 0 Å². The molecular formula is C20H22O3S. The summed E-state index contributed by atoms with van der Waals surface area (Å²) in [6, 6.07) is 11.7. The Morgan fingerprint density at radius 2 is 1.83 bits per heavy atom. The summed E-state index contributed by atoms with van der Waals surface area (Å²) >= 11 is 1.68. The minimum Gasteiger partial charge on any atom is -0.496 e. The minimum absolute atomic E-state index is 0.420. The Hall–Kier alpha value is -1.91. The highest BCUT2D eigenvalue weighted by Gasteiger charge is 2.28. The Labute approximate surface area is 147 Å². The van der Waals surface area contributed by atoms with Gasteiger partial charge in [-0.25, -0.2) is 0 Å². The van der Waals surface area contributed by atoms with Crippen molar-refractivity contribution in [2.24, 2.45) is 0 Å². The molecular weight excluding hydrogens is 320 g/mol. The lowest BCUT2D eigenvalue weighted by atomic mass is 9.94. The largest absolute Gasteiger partial charge is 0.496 e. The molecule has 0 aromatic heterocycles. The van der Waals surface area contributed by atoms with E-state index in [0.717, 1.165) is 22.4 Å². The standard InChI is InChI=1S/C20H22O3S/c1-20(2)12-11-15-17(22-3)10-9-16(19(15)23-20)18(21)13-5-7-14(24-4)8-6-13/h5-12,18,21H,1-4H3. The number of aliphatic hydroxyl groups is 1. The van der Waals surface area contributed by atoms with Crippen LogP contribution in [0.1, 0.15) is 36.6 Å². The number of methoxy groups -OCH3 is 1. The average Bonchev–Trinajstić information content (AvgIpc) is 2.59. The average molecular weight is 342 g/mol. The number of ether oxygens (including phenoxy) is 2. The van der Waals surface area contributed by atoms with Crippen molar-refractivity contribution in [3.63, 3.8) is 0 Å². The predicted molar refractivity (Wildman–Crippen MR) is 99.0 cm³/mol. The van der Waals surface area contributed by atoms with Crippen LogP contribution in [-0.2, 0) is 0 Å². The number of benzene rings is 2. The van der Waals surface area contributed by atoms with Crippen LogP contribution in [0.15, 0.2) is 47.4 Å². The lowest BCUT2D eigenvalue weighted by Crippen LogP contribution is -2.28. The first-order valence-electron chi connectivity index (χ1n) is 7.86. The predicted octanol–water partition coefficient (Wildman–Crippen LogP) is 4.68. The van der Waals surface area contributed by atoms with E-state index in [1.165, 1.54) is 4.90 Å². The van der Waals surface area contributed by atoms with Crippen molar-refractivity contribution in [3.05, 3.63) is 59.2 Å². The highest BCUT2D eigenvalue weighted by atomic mass is 32.2. The van der Waals surface area contributed by atoms with Crippen molar-refractivity contribution in [1.82, 2.24) is 0 Å². The molecule has 0 spiro atoms. The molecule has 4 heteroatoms. The summed E-state index contributed by atoms with van der Waals surface area (Å²) in [6.07, 6.45) is 5.29. The Bertz CT molecular complexity index is 763. The molecule has 0 bridgehead atoms. The monoisotopic (exact) mass is 342 g/mol. The lowest BCUT2D eigenvalue weighted by molar-refractivity contribution is 0.146. The summed E-state index contributed by atoms with van der Waals surface area (Å²) in [4.78, 5) is 1.17. The molecule has 24 heavy (non-hydrogen) atoms. The fraction of sp³-hybridized carbons (Fsp3) is 0.300. The second-order valence-corrected chi connectivity index (χ2v) is 7.19. The van der Waals surface area contributed by atoms with E-state index in [4.69, 9.17) is 9.47 Å². The van der Waals surface area contributed by atoms with Crippen molar-refractivity contribution >= 4 is 17.8 Å². The Morgan fingerprint density at radius 1 is 1.12 bits per heavy atom. The maximum atomic E-state index is 10.9. The number of hydrogen-bond donors (Lipinski definition) is 1. The molecule has 1 N–H and O–H groups in total. The molecule has 3 rings (SSSR count).